The number of fused-ring (bicyclic) bond motifs is 7. The molecule has 3 heterocycles. The number of benzene rings is 4. The molecular formula is C31H26BNO2S. The summed E-state index contributed by atoms with van der Waals surface area (Å²) in [6.45, 7) is 8.34. The maximum atomic E-state index is 6.26. The van der Waals surface area contributed by atoms with E-state index in [1.165, 1.54) is 36.3 Å². The molecule has 0 saturated carbocycles. The fourth-order valence-electron chi connectivity index (χ4n) is 5.21. The molecule has 2 aromatic heterocycles. The SMILES string of the molecule is CC1(C)OB(c2ccc(-c3nc4ccccc4c4c3ccc3c5ccccc5sc34)cc2)OC1(C)C. The highest BCUT2D eigenvalue weighted by Crippen LogP contribution is 2.43. The van der Waals surface area contributed by atoms with Crippen LogP contribution >= 0.6 is 11.3 Å². The van der Waals surface area contributed by atoms with Crippen LogP contribution in [-0.4, -0.2) is 23.3 Å². The summed E-state index contributed by atoms with van der Waals surface area (Å²) >= 11 is 1.87. The van der Waals surface area contributed by atoms with Crippen LogP contribution in [0.1, 0.15) is 27.7 Å². The van der Waals surface area contributed by atoms with E-state index in [0.717, 1.165) is 22.2 Å². The van der Waals surface area contributed by atoms with Gasteiger partial charge in [0.1, 0.15) is 0 Å². The first-order valence-corrected chi connectivity index (χ1v) is 13.2. The molecule has 1 aliphatic heterocycles. The molecule has 7 rings (SSSR count). The minimum absolute atomic E-state index is 0.359. The summed E-state index contributed by atoms with van der Waals surface area (Å²) in [6.07, 6.45) is 0. The first-order chi connectivity index (χ1) is 17.3. The lowest BCUT2D eigenvalue weighted by Crippen LogP contribution is -2.41. The zero-order chi connectivity index (χ0) is 24.7. The van der Waals surface area contributed by atoms with Crippen molar-refractivity contribution in [1.29, 1.82) is 0 Å². The molecule has 1 aliphatic rings. The number of aromatic nitrogens is 1. The van der Waals surface area contributed by atoms with Gasteiger partial charge in [-0.1, -0.05) is 72.8 Å². The predicted molar refractivity (Wildman–Crippen MR) is 153 cm³/mol. The smallest absolute Gasteiger partial charge is 0.399 e. The number of hydrogen-bond donors (Lipinski definition) is 0. The van der Waals surface area contributed by atoms with Crippen molar-refractivity contribution in [3.63, 3.8) is 0 Å². The second-order valence-corrected chi connectivity index (χ2v) is 11.7. The lowest BCUT2D eigenvalue weighted by Gasteiger charge is -2.32. The van der Waals surface area contributed by atoms with Crippen molar-refractivity contribution in [2.45, 2.75) is 38.9 Å². The maximum Gasteiger partial charge on any atom is 0.494 e. The van der Waals surface area contributed by atoms with Crippen LogP contribution in [0.25, 0.3) is 53.1 Å². The molecular weight excluding hydrogens is 461 g/mol. The van der Waals surface area contributed by atoms with Crippen molar-refractivity contribution in [2.24, 2.45) is 0 Å². The van der Waals surface area contributed by atoms with Crippen molar-refractivity contribution in [3.8, 4) is 11.3 Å². The van der Waals surface area contributed by atoms with Crippen molar-refractivity contribution in [2.75, 3.05) is 0 Å². The standard InChI is InChI=1S/C31H26BNO2S/c1-30(2)31(3,4)35-32(34-30)20-15-13-19(14-16-20)28-24-18-17-22-21-9-6-8-12-26(21)36-29(22)27(24)23-10-5-7-11-25(23)33-28/h5-18H,1-4H3. The molecule has 0 atom stereocenters. The summed E-state index contributed by atoms with van der Waals surface area (Å²) in [6, 6.07) is 30.2. The zero-order valence-corrected chi connectivity index (χ0v) is 21.6. The molecule has 6 aromatic rings. The molecule has 0 unspecified atom stereocenters. The van der Waals surface area contributed by atoms with Crippen LogP contribution in [0.5, 0.6) is 0 Å². The molecule has 0 N–H and O–H groups in total. The number of hydrogen-bond acceptors (Lipinski definition) is 4. The molecule has 1 fully saturated rings. The van der Waals surface area contributed by atoms with Gasteiger partial charge in [-0.25, -0.2) is 4.98 Å². The second kappa shape index (κ2) is 7.63. The number of thiophene rings is 1. The minimum Gasteiger partial charge on any atom is -0.399 e. The lowest BCUT2D eigenvalue weighted by atomic mass is 9.78. The van der Waals surface area contributed by atoms with Gasteiger partial charge in [-0.2, -0.15) is 0 Å². The number of rotatable bonds is 2. The topological polar surface area (TPSA) is 31.4 Å². The van der Waals surface area contributed by atoms with E-state index in [4.69, 9.17) is 14.3 Å². The Bertz CT molecular complexity index is 1790. The van der Waals surface area contributed by atoms with E-state index in [2.05, 4.69) is 113 Å². The number of pyridine rings is 1. The fraction of sp³-hybridized carbons (Fsp3) is 0.194. The van der Waals surface area contributed by atoms with Crippen LogP contribution in [0.2, 0.25) is 0 Å². The molecule has 0 spiro atoms. The Kier molecular flexibility index (Phi) is 4.66. The third-order valence-electron chi connectivity index (χ3n) is 7.92. The number of nitrogens with zero attached hydrogens (tertiary/aromatic N) is 1. The van der Waals surface area contributed by atoms with Gasteiger partial charge in [0.25, 0.3) is 0 Å². The number of para-hydroxylation sites is 1. The molecule has 0 bridgehead atoms. The average Bonchev–Trinajstić information content (AvgIpc) is 3.36. The molecule has 5 heteroatoms. The summed E-state index contributed by atoms with van der Waals surface area (Å²) in [4.78, 5) is 5.15. The van der Waals surface area contributed by atoms with Gasteiger partial charge in [0.2, 0.25) is 0 Å². The summed E-state index contributed by atoms with van der Waals surface area (Å²) < 4.78 is 15.2. The third kappa shape index (κ3) is 3.16. The Morgan fingerprint density at radius 1 is 0.667 bits per heavy atom. The monoisotopic (exact) mass is 487 g/mol. The van der Waals surface area contributed by atoms with Gasteiger partial charge < -0.3 is 9.31 Å². The Balaban J connectivity index is 1.42. The van der Waals surface area contributed by atoms with E-state index >= 15 is 0 Å². The highest BCUT2D eigenvalue weighted by atomic mass is 32.1. The predicted octanol–water partition coefficient (Wildman–Crippen LogP) is 7.72. The molecule has 0 radical (unpaired) electrons. The Hall–Kier alpha value is -3.25. The highest BCUT2D eigenvalue weighted by molar-refractivity contribution is 7.26. The van der Waals surface area contributed by atoms with Gasteiger partial charge in [0.15, 0.2) is 0 Å². The van der Waals surface area contributed by atoms with Crippen LogP contribution in [0.3, 0.4) is 0 Å². The largest absolute Gasteiger partial charge is 0.494 e. The van der Waals surface area contributed by atoms with Gasteiger partial charge in [0.05, 0.1) is 22.4 Å². The van der Waals surface area contributed by atoms with Crippen LogP contribution in [0.15, 0.2) is 84.9 Å². The summed E-state index contributed by atoms with van der Waals surface area (Å²) in [5, 5.41) is 6.28. The molecule has 0 aliphatic carbocycles. The van der Waals surface area contributed by atoms with Gasteiger partial charge >= 0.3 is 7.12 Å². The Morgan fingerprint density at radius 2 is 1.31 bits per heavy atom. The summed E-state index contributed by atoms with van der Waals surface area (Å²) in [7, 11) is -0.372. The van der Waals surface area contributed by atoms with Crippen molar-refractivity contribution in [1.82, 2.24) is 4.98 Å². The fourth-order valence-corrected chi connectivity index (χ4v) is 6.48. The van der Waals surface area contributed by atoms with Gasteiger partial charge in [-0.3, -0.25) is 0 Å². The zero-order valence-electron chi connectivity index (χ0n) is 20.8. The third-order valence-corrected chi connectivity index (χ3v) is 9.12. The molecule has 3 nitrogen and oxygen atoms in total. The van der Waals surface area contributed by atoms with Crippen molar-refractivity contribution >= 4 is 65.8 Å². The molecule has 176 valence electrons. The average molecular weight is 487 g/mol. The van der Waals surface area contributed by atoms with Gasteiger partial charge in [-0.15, -0.1) is 11.3 Å². The van der Waals surface area contributed by atoms with Gasteiger partial charge in [-0.05, 0) is 45.3 Å². The Morgan fingerprint density at radius 3 is 2.06 bits per heavy atom. The first kappa shape index (κ1) is 22.0. The van der Waals surface area contributed by atoms with Crippen LogP contribution in [0, 0.1) is 0 Å². The first-order valence-electron chi connectivity index (χ1n) is 12.4. The van der Waals surface area contributed by atoms with Crippen LogP contribution in [-0.2, 0) is 9.31 Å². The minimum atomic E-state index is -0.372. The second-order valence-electron chi connectivity index (χ2n) is 10.7. The normalized spacial score (nSPS) is 17.1. The van der Waals surface area contributed by atoms with Crippen molar-refractivity contribution < 1.29 is 9.31 Å². The van der Waals surface area contributed by atoms with E-state index in [1.807, 2.05) is 11.3 Å². The van der Waals surface area contributed by atoms with Crippen LogP contribution < -0.4 is 5.46 Å². The van der Waals surface area contributed by atoms with E-state index in [1.54, 1.807) is 0 Å². The summed E-state index contributed by atoms with van der Waals surface area (Å²) in [5.74, 6) is 0. The maximum absolute atomic E-state index is 6.26. The summed E-state index contributed by atoms with van der Waals surface area (Å²) in [5.41, 5.74) is 3.41. The van der Waals surface area contributed by atoms with Crippen molar-refractivity contribution in [3.05, 3.63) is 84.9 Å². The van der Waals surface area contributed by atoms with Crippen LogP contribution in [0.4, 0.5) is 0 Å². The molecule has 1 saturated heterocycles. The highest BCUT2D eigenvalue weighted by Gasteiger charge is 2.51. The molecule has 0 amide bonds. The van der Waals surface area contributed by atoms with E-state index in [9.17, 15) is 0 Å². The molecule has 36 heavy (non-hydrogen) atoms. The van der Waals surface area contributed by atoms with Gasteiger partial charge in [0, 0.05) is 41.9 Å². The van der Waals surface area contributed by atoms with E-state index < -0.39 is 0 Å². The van der Waals surface area contributed by atoms with E-state index in [0.29, 0.717) is 0 Å². The van der Waals surface area contributed by atoms with E-state index in [-0.39, 0.29) is 18.3 Å². The quantitative estimate of drug-likeness (QED) is 0.185. The lowest BCUT2D eigenvalue weighted by molar-refractivity contribution is 0.00578. The molecule has 4 aromatic carbocycles. The Labute approximate surface area is 214 Å².